The number of aromatic amines is 1. The molecule has 26 heavy (non-hydrogen) atoms. The number of carbonyl (C=O) groups excluding carboxylic acids is 1. The monoisotopic (exact) mass is 360 g/mol. The molecule has 1 aromatic heterocycles. The van der Waals surface area contributed by atoms with E-state index in [0.29, 0.717) is 19.1 Å². The number of nitrogens with one attached hydrogen (secondary N) is 1. The highest BCUT2D eigenvalue weighted by atomic mass is 19.1. The highest BCUT2D eigenvalue weighted by molar-refractivity contribution is 5.74. The molecule has 6 nitrogen and oxygen atoms in total. The summed E-state index contributed by atoms with van der Waals surface area (Å²) in [7, 11) is 0. The molecule has 2 fully saturated rings. The predicted molar refractivity (Wildman–Crippen MR) is 96.4 cm³/mol. The van der Waals surface area contributed by atoms with Crippen molar-refractivity contribution in [1.82, 2.24) is 19.8 Å². The molecule has 2 aliphatic rings. The van der Waals surface area contributed by atoms with Gasteiger partial charge in [-0.15, -0.1) is 0 Å². The van der Waals surface area contributed by atoms with Crippen molar-refractivity contribution in [2.24, 2.45) is 0 Å². The first-order chi connectivity index (χ1) is 12.6. The molecule has 0 spiro atoms. The maximum absolute atomic E-state index is 14.4. The zero-order valence-corrected chi connectivity index (χ0v) is 15.0. The fourth-order valence-corrected chi connectivity index (χ4v) is 4.02. The van der Waals surface area contributed by atoms with E-state index < -0.39 is 12.3 Å². The quantitative estimate of drug-likeness (QED) is 0.907. The van der Waals surface area contributed by atoms with Gasteiger partial charge < -0.3 is 14.6 Å². The molecule has 0 unspecified atom stereocenters. The number of hydrogen-bond acceptors (Lipinski definition) is 4. The number of halogens is 1. The third-order valence-electron chi connectivity index (χ3n) is 5.53. The van der Waals surface area contributed by atoms with Crippen molar-refractivity contribution < 1.29 is 13.9 Å². The maximum atomic E-state index is 14.4. The number of fused-ring (bicyclic) bond motifs is 1. The van der Waals surface area contributed by atoms with Crippen LogP contribution < -0.4 is 0 Å². The van der Waals surface area contributed by atoms with Gasteiger partial charge in [0.25, 0.3) is 0 Å². The van der Waals surface area contributed by atoms with Gasteiger partial charge in [-0.2, -0.15) is 0 Å². The summed E-state index contributed by atoms with van der Waals surface area (Å²) < 4.78 is 20.3. The average Bonchev–Trinajstić information content (AvgIpc) is 3.23. The lowest BCUT2D eigenvalue weighted by molar-refractivity contribution is -0.130. The van der Waals surface area contributed by atoms with Crippen LogP contribution in [-0.4, -0.2) is 70.2 Å². The smallest absolute Gasteiger partial charge is 0.219 e. The number of likely N-dealkylation sites (tertiary alicyclic amines) is 2. The van der Waals surface area contributed by atoms with Gasteiger partial charge in [-0.3, -0.25) is 9.69 Å². The van der Waals surface area contributed by atoms with Crippen molar-refractivity contribution in [2.45, 2.75) is 44.7 Å². The van der Waals surface area contributed by atoms with Crippen molar-refractivity contribution in [2.75, 3.05) is 26.2 Å². The number of nitrogens with zero attached hydrogens (tertiary/aromatic N) is 3. The number of rotatable bonds is 4. The maximum Gasteiger partial charge on any atom is 0.219 e. The van der Waals surface area contributed by atoms with Gasteiger partial charge in [0.05, 0.1) is 11.0 Å². The van der Waals surface area contributed by atoms with E-state index in [9.17, 15) is 9.18 Å². The Bertz CT molecular complexity index is 739. The number of imidazole rings is 1. The summed E-state index contributed by atoms with van der Waals surface area (Å²) in [6.45, 7) is 4.43. The highest BCUT2D eigenvalue weighted by Crippen LogP contribution is 2.25. The van der Waals surface area contributed by atoms with E-state index in [1.807, 2.05) is 29.2 Å². The van der Waals surface area contributed by atoms with Gasteiger partial charge in [0.15, 0.2) is 0 Å². The van der Waals surface area contributed by atoms with Crippen LogP contribution in [-0.2, 0) is 16.1 Å². The van der Waals surface area contributed by atoms with Crippen LogP contribution in [0.5, 0.6) is 0 Å². The van der Waals surface area contributed by atoms with Crippen LogP contribution >= 0.6 is 0 Å². The van der Waals surface area contributed by atoms with Gasteiger partial charge in [-0.25, -0.2) is 9.37 Å². The first-order valence-corrected chi connectivity index (χ1v) is 9.29. The molecule has 2 saturated heterocycles. The van der Waals surface area contributed by atoms with Gasteiger partial charge in [-0.05, 0) is 25.0 Å². The molecule has 1 amide bonds. The van der Waals surface area contributed by atoms with E-state index in [2.05, 4.69) is 14.9 Å². The normalized spacial score (nSPS) is 25.2. The van der Waals surface area contributed by atoms with E-state index in [4.69, 9.17) is 4.74 Å². The molecule has 140 valence electrons. The Balaban J connectivity index is 1.30. The van der Waals surface area contributed by atoms with Gasteiger partial charge in [0.1, 0.15) is 24.7 Å². The van der Waals surface area contributed by atoms with Crippen LogP contribution in [0, 0.1) is 0 Å². The van der Waals surface area contributed by atoms with E-state index >= 15 is 0 Å². The van der Waals surface area contributed by atoms with Crippen molar-refractivity contribution in [1.29, 1.82) is 0 Å². The predicted octanol–water partition coefficient (Wildman–Crippen LogP) is 2.11. The van der Waals surface area contributed by atoms with Crippen LogP contribution in [0.1, 0.15) is 25.6 Å². The minimum absolute atomic E-state index is 0.125. The van der Waals surface area contributed by atoms with Crippen molar-refractivity contribution in [3.8, 4) is 0 Å². The number of H-pyrrole nitrogens is 1. The molecular formula is C19H25FN4O2. The Labute approximate surface area is 152 Å². The first-order valence-electron chi connectivity index (χ1n) is 9.29. The minimum atomic E-state index is -0.981. The number of alkyl halides is 1. The number of amides is 1. The van der Waals surface area contributed by atoms with Gasteiger partial charge >= 0.3 is 0 Å². The number of aromatic nitrogens is 2. The van der Waals surface area contributed by atoms with Crippen molar-refractivity contribution in [3.63, 3.8) is 0 Å². The molecule has 2 atom stereocenters. The van der Waals surface area contributed by atoms with Crippen molar-refractivity contribution in [3.05, 3.63) is 30.1 Å². The Hall–Kier alpha value is -1.99. The lowest BCUT2D eigenvalue weighted by Gasteiger charge is -2.36. The summed E-state index contributed by atoms with van der Waals surface area (Å²) in [6.07, 6.45) is 0.407. The molecule has 2 aliphatic heterocycles. The van der Waals surface area contributed by atoms with Crippen LogP contribution in [0.4, 0.5) is 4.39 Å². The average molecular weight is 360 g/mol. The van der Waals surface area contributed by atoms with Crippen molar-refractivity contribution >= 4 is 16.9 Å². The van der Waals surface area contributed by atoms with E-state index in [0.717, 1.165) is 42.8 Å². The number of para-hydroxylation sites is 2. The second kappa shape index (κ2) is 7.32. The summed E-state index contributed by atoms with van der Waals surface area (Å²) in [6, 6.07) is 8.14. The van der Waals surface area contributed by atoms with Crippen LogP contribution in [0.15, 0.2) is 24.3 Å². The number of hydrogen-bond donors (Lipinski definition) is 1. The number of ether oxygens (including phenoxy) is 1. The van der Waals surface area contributed by atoms with E-state index in [1.54, 1.807) is 6.92 Å². The highest BCUT2D eigenvalue weighted by Gasteiger charge is 2.38. The largest absolute Gasteiger partial charge is 0.366 e. The SMILES string of the molecule is CC(=O)N1CCC(N2C[C@@H](F)[C@@H](OCc3nc4ccccc4[nH]3)C2)CC1. The fraction of sp³-hybridized carbons (Fsp3) is 0.579. The lowest BCUT2D eigenvalue weighted by Crippen LogP contribution is -2.45. The zero-order chi connectivity index (χ0) is 18.1. The number of piperidine rings is 1. The summed E-state index contributed by atoms with van der Waals surface area (Å²) in [4.78, 5) is 23.2. The van der Waals surface area contributed by atoms with E-state index in [1.165, 1.54) is 0 Å². The first kappa shape index (κ1) is 17.4. The second-order valence-corrected chi connectivity index (χ2v) is 7.26. The summed E-state index contributed by atoms with van der Waals surface area (Å²) in [5, 5.41) is 0. The molecular weight excluding hydrogens is 335 g/mol. The van der Waals surface area contributed by atoms with Gasteiger partial charge in [-0.1, -0.05) is 12.1 Å². The Morgan fingerprint density at radius 2 is 2.08 bits per heavy atom. The van der Waals surface area contributed by atoms with Crippen LogP contribution in [0.25, 0.3) is 11.0 Å². The summed E-state index contributed by atoms with van der Waals surface area (Å²) in [5.41, 5.74) is 1.86. The molecule has 2 aromatic rings. The van der Waals surface area contributed by atoms with Crippen LogP contribution in [0.2, 0.25) is 0 Å². The molecule has 4 rings (SSSR count). The standard InChI is InChI=1S/C19H25FN4O2/c1-13(25)23-8-6-14(7-9-23)24-10-15(20)18(11-24)26-12-19-21-16-4-2-3-5-17(16)22-19/h2-5,14-15,18H,6-12H2,1H3,(H,21,22)/t15-,18+/m1/s1. The summed E-state index contributed by atoms with van der Waals surface area (Å²) in [5.74, 6) is 0.854. The molecule has 0 bridgehead atoms. The molecule has 1 N–H and O–H groups in total. The molecule has 7 heteroatoms. The molecule has 0 saturated carbocycles. The molecule has 1 aromatic carbocycles. The Kier molecular flexibility index (Phi) is 4.91. The number of carbonyl (C=O) groups is 1. The van der Waals surface area contributed by atoms with Gasteiger partial charge in [0, 0.05) is 39.1 Å². The minimum Gasteiger partial charge on any atom is -0.366 e. The third kappa shape index (κ3) is 3.59. The molecule has 0 aliphatic carbocycles. The molecule has 0 radical (unpaired) electrons. The molecule has 3 heterocycles. The lowest BCUT2D eigenvalue weighted by atomic mass is 10.0. The van der Waals surface area contributed by atoms with Gasteiger partial charge in [0.2, 0.25) is 5.91 Å². The zero-order valence-electron chi connectivity index (χ0n) is 15.0. The Morgan fingerprint density at radius 1 is 1.31 bits per heavy atom. The van der Waals surface area contributed by atoms with E-state index in [-0.39, 0.29) is 12.5 Å². The third-order valence-corrected chi connectivity index (χ3v) is 5.53. The fourth-order valence-electron chi connectivity index (χ4n) is 4.02. The topological polar surface area (TPSA) is 61.5 Å². The van der Waals surface area contributed by atoms with Crippen LogP contribution in [0.3, 0.4) is 0 Å². The second-order valence-electron chi connectivity index (χ2n) is 7.26. The number of benzene rings is 1. The Morgan fingerprint density at radius 3 is 2.81 bits per heavy atom. The summed E-state index contributed by atoms with van der Waals surface area (Å²) >= 11 is 0.